The maximum Gasteiger partial charge on any atom is 0.269 e. The summed E-state index contributed by atoms with van der Waals surface area (Å²) in [7, 11) is 0. The highest BCUT2D eigenvalue weighted by Crippen LogP contribution is 2.27. The number of nitrogens with two attached hydrogens (primary N) is 1. The Labute approximate surface area is 97.1 Å². The molecule has 3 rings (SSSR count). The van der Waals surface area contributed by atoms with Gasteiger partial charge in [-0.2, -0.15) is 5.10 Å². The number of rotatable bonds is 1. The summed E-state index contributed by atoms with van der Waals surface area (Å²) in [4.78, 5) is 11.1. The van der Waals surface area contributed by atoms with Gasteiger partial charge >= 0.3 is 0 Å². The van der Waals surface area contributed by atoms with Gasteiger partial charge in [0.25, 0.3) is 5.91 Å². The first-order chi connectivity index (χ1) is 8.25. The molecule has 0 radical (unpaired) electrons. The number of hydrogen-bond donors (Lipinski definition) is 1. The summed E-state index contributed by atoms with van der Waals surface area (Å²) in [6, 6.07) is 9.08. The lowest BCUT2D eigenvalue weighted by Gasteiger charge is -2.06. The lowest BCUT2D eigenvalue weighted by Crippen LogP contribution is -2.12. The van der Waals surface area contributed by atoms with E-state index in [2.05, 4.69) is 5.10 Å². The van der Waals surface area contributed by atoms with Gasteiger partial charge in [-0.3, -0.25) is 4.79 Å². The van der Waals surface area contributed by atoms with Crippen molar-refractivity contribution in [3.05, 3.63) is 48.0 Å². The summed E-state index contributed by atoms with van der Waals surface area (Å²) in [5, 5.41) is 4.16. The van der Waals surface area contributed by atoms with Crippen LogP contribution in [0.2, 0.25) is 0 Å². The van der Waals surface area contributed by atoms with E-state index in [-0.39, 0.29) is 5.69 Å². The molecule has 1 aromatic carbocycles. The number of ether oxygens (including phenoxy) is 1. The van der Waals surface area contributed by atoms with Gasteiger partial charge in [-0.15, -0.1) is 0 Å². The summed E-state index contributed by atoms with van der Waals surface area (Å²) in [6.45, 7) is 0. The Kier molecular flexibility index (Phi) is 1.98. The van der Waals surface area contributed by atoms with Gasteiger partial charge in [0.1, 0.15) is 5.69 Å². The van der Waals surface area contributed by atoms with E-state index in [1.807, 2.05) is 24.3 Å². The third kappa shape index (κ3) is 1.48. The van der Waals surface area contributed by atoms with Crippen LogP contribution in [0.3, 0.4) is 0 Å². The molecule has 0 saturated carbocycles. The summed E-state index contributed by atoms with van der Waals surface area (Å²) < 4.78 is 7.07. The minimum Gasteiger partial charge on any atom is -0.463 e. The van der Waals surface area contributed by atoms with Crippen LogP contribution in [-0.4, -0.2) is 15.7 Å². The molecule has 0 atom stereocenters. The highest BCUT2D eigenvalue weighted by atomic mass is 16.5. The zero-order valence-corrected chi connectivity index (χ0v) is 8.83. The molecule has 0 spiro atoms. The average Bonchev–Trinajstić information content (AvgIpc) is 2.67. The monoisotopic (exact) mass is 227 g/mol. The van der Waals surface area contributed by atoms with Crippen LogP contribution < -0.4 is 10.5 Å². The topological polar surface area (TPSA) is 70.1 Å². The molecule has 0 saturated heterocycles. The van der Waals surface area contributed by atoms with Gasteiger partial charge in [-0.05, 0) is 24.3 Å². The highest BCUT2D eigenvalue weighted by Gasteiger charge is 2.16. The second-order valence-corrected chi connectivity index (χ2v) is 3.62. The zero-order valence-electron chi connectivity index (χ0n) is 8.83. The first kappa shape index (κ1) is 9.65. The molecule has 2 heterocycles. The van der Waals surface area contributed by atoms with Crippen LogP contribution in [0.25, 0.3) is 11.8 Å². The first-order valence-electron chi connectivity index (χ1n) is 5.08. The quantitative estimate of drug-likeness (QED) is 0.799. The van der Waals surface area contributed by atoms with Crippen LogP contribution in [0.5, 0.6) is 5.75 Å². The molecule has 17 heavy (non-hydrogen) atoms. The Bertz CT molecular complexity index is 628. The SMILES string of the molecule is NC(=O)c1cc2n(n1)-c1ccccc1OC=C2. The third-order valence-electron chi connectivity index (χ3n) is 2.52. The van der Waals surface area contributed by atoms with E-state index >= 15 is 0 Å². The fraction of sp³-hybridized carbons (Fsp3) is 0. The maximum atomic E-state index is 11.1. The minimum atomic E-state index is -0.544. The van der Waals surface area contributed by atoms with E-state index < -0.39 is 5.91 Å². The van der Waals surface area contributed by atoms with Crippen LogP contribution >= 0.6 is 0 Å². The fourth-order valence-electron chi connectivity index (χ4n) is 1.74. The number of nitrogens with zero attached hydrogens (tertiary/aromatic N) is 2. The summed E-state index contributed by atoms with van der Waals surface area (Å²) in [5.41, 5.74) is 6.98. The molecule has 1 aliphatic rings. The summed E-state index contributed by atoms with van der Waals surface area (Å²) >= 11 is 0. The van der Waals surface area contributed by atoms with E-state index in [0.29, 0.717) is 5.75 Å². The first-order valence-corrected chi connectivity index (χ1v) is 5.08. The van der Waals surface area contributed by atoms with E-state index in [1.165, 1.54) is 0 Å². The number of carbonyl (C=O) groups is 1. The highest BCUT2D eigenvalue weighted by molar-refractivity contribution is 5.91. The molecule has 0 fully saturated rings. The van der Waals surface area contributed by atoms with Crippen molar-refractivity contribution >= 4 is 12.0 Å². The van der Waals surface area contributed by atoms with Crippen LogP contribution in [0, 0.1) is 0 Å². The van der Waals surface area contributed by atoms with E-state index in [4.69, 9.17) is 10.5 Å². The molecule has 1 aromatic heterocycles. The summed E-state index contributed by atoms with van der Waals surface area (Å²) in [5.74, 6) is 0.138. The van der Waals surface area contributed by atoms with Gasteiger partial charge in [0.05, 0.1) is 12.0 Å². The van der Waals surface area contributed by atoms with Crippen molar-refractivity contribution in [3.63, 3.8) is 0 Å². The number of hydrogen-bond acceptors (Lipinski definition) is 3. The Morgan fingerprint density at radius 3 is 3.00 bits per heavy atom. The second-order valence-electron chi connectivity index (χ2n) is 3.62. The van der Waals surface area contributed by atoms with Crippen molar-refractivity contribution in [2.45, 2.75) is 0 Å². The molecule has 2 aromatic rings. The Morgan fingerprint density at radius 1 is 1.35 bits per heavy atom. The smallest absolute Gasteiger partial charge is 0.269 e. The van der Waals surface area contributed by atoms with Crippen molar-refractivity contribution in [1.82, 2.24) is 9.78 Å². The van der Waals surface area contributed by atoms with Crippen LogP contribution in [0.4, 0.5) is 0 Å². The number of primary amides is 1. The van der Waals surface area contributed by atoms with Crippen LogP contribution in [0.1, 0.15) is 16.2 Å². The number of aromatic nitrogens is 2. The molecular formula is C12H9N3O2. The lowest BCUT2D eigenvalue weighted by molar-refractivity contribution is 0.0995. The molecular weight excluding hydrogens is 218 g/mol. The number of para-hydroxylation sites is 2. The van der Waals surface area contributed by atoms with E-state index in [1.54, 1.807) is 23.1 Å². The van der Waals surface area contributed by atoms with Gasteiger partial charge in [0.15, 0.2) is 11.4 Å². The zero-order chi connectivity index (χ0) is 11.8. The largest absolute Gasteiger partial charge is 0.463 e. The molecule has 1 aliphatic heterocycles. The number of amides is 1. The van der Waals surface area contributed by atoms with Crippen LogP contribution in [-0.2, 0) is 0 Å². The van der Waals surface area contributed by atoms with Gasteiger partial charge in [-0.1, -0.05) is 12.1 Å². The molecule has 2 N–H and O–H groups in total. The molecule has 84 valence electrons. The van der Waals surface area contributed by atoms with Gasteiger partial charge in [0.2, 0.25) is 0 Å². The normalized spacial score (nSPS) is 12.2. The average molecular weight is 227 g/mol. The number of carbonyl (C=O) groups excluding carboxylic acids is 1. The van der Waals surface area contributed by atoms with Crippen LogP contribution in [0.15, 0.2) is 36.6 Å². The van der Waals surface area contributed by atoms with Crippen molar-refractivity contribution in [1.29, 1.82) is 0 Å². The minimum absolute atomic E-state index is 0.237. The molecule has 0 unspecified atom stereocenters. The molecule has 1 amide bonds. The second kappa shape index (κ2) is 3.48. The molecule has 0 aliphatic carbocycles. The van der Waals surface area contributed by atoms with Crippen molar-refractivity contribution in [3.8, 4) is 11.4 Å². The number of benzene rings is 1. The lowest BCUT2D eigenvalue weighted by atomic mass is 10.3. The molecule has 5 nitrogen and oxygen atoms in total. The van der Waals surface area contributed by atoms with Crippen molar-refractivity contribution in [2.24, 2.45) is 5.73 Å². The van der Waals surface area contributed by atoms with Crippen molar-refractivity contribution in [2.75, 3.05) is 0 Å². The predicted molar refractivity (Wildman–Crippen MR) is 61.7 cm³/mol. The third-order valence-corrected chi connectivity index (χ3v) is 2.52. The standard InChI is InChI=1S/C12H9N3O2/c13-12(16)9-7-8-5-6-17-11-4-2-1-3-10(11)15(8)14-9/h1-7H,(H2,13,16). The molecule has 5 heteroatoms. The predicted octanol–water partition coefficient (Wildman–Crippen LogP) is 1.33. The fourth-order valence-corrected chi connectivity index (χ4v) is 1.74. The summed E-state index contributed by atoms with van der Waals surface area (Å²) in [6.07, 6.45) is 3.30. The Balaban J connectivity index is 2.26. The van der Waals surface area contributed by atoms with Gasteiger partial charge < -0.3 is 10.5 Å². The van der Waals surface area contributed by atoms with Gasteiger partial charge in [-0.25, -0.2) is 4.68 Å². The van der Waals surface area contributed by atoms with Crippen molar-refractivity contribution < 1.29 is 9.53 Å². The maximum absolute atomic E-state index is 11.1. The van der Waals surface area contributed by atoms with E-state index in [9.17, 15) is 4.79 Å². The van der Waals surface area contributed by atoms with Gasteiger partial charge in [0, 0.05) is 0 Å². The Hall–Kier alpha value is -2.56. The molecule has 0 bridgehead atoms. The number of fused-ring (bicyclic) bond motifs is 3. The van der Waals surface area contributed by atoms with E-state index in [0.717, 1.165) is 11.4 Å². The Morgan fingerprint density at radius 2 is 2.18 bits per heavy atom.